The molecule has 4 aliphatic heterocycles. The Balaban J connectivity index is 0.785. The number of rotatable bonds is 10. The highest BCUT2D eigenvalue weighted by Crippen LogP contribution is 2.40. The van der Waals surface area contributed by atoms with Gasteiger partial charge in [0.05, 0.1) is 36.2 Å². The Morgan fingerprint density at radius 3 is 2.49 bits per heavy atom. The van der Waals surface area contributed by atoms with Gasteiger partial charge in [-0.05, 0) is 85.2 Å². The first kappa shape index (κ1) is 44.2. The fraction of sp³-hybridized carbons (Fsp3) is 0.367. The van der Waals surface area contributed by atoms with Crippen molar-refractivity contribution in [2.45, 2.75) is 71.7 Å². The van der Waals surface area contributed by atoms with E-state index in [-0.39, 0.29) is 71.6 Å². The van der Waals surface area contributed by atoms with Gasteiger partial charge in [0, 0.05) is 87.1 Å². The quantitative estimate of drug-likeness (QED) is 0.148. The number of carbonyl (C=O) groups is 6. The van der Waals surface area contributed by atoms with Gasteiger partial charge in [-0.3, -0.25) is 48.7 Å². The zero-order valence-electron chi connectivity index (χ0n) is 38.2. The Morgan fingerprint density at radius 2 is 1.74 bits per heavy atom. The lowest BCUT2D eigenvalue weighted by atomic mass is 9.90. The number of aliphatic hydroxyl groups excluding tert-OH is 1. The summed E-state index contributed by atoms with van der Waals surface area (Å²) in [5.74, 6) is -1.99. The average Bonchev–Trinajstić information content (AvgIpc) is 3.91. The molecule has 0 saturated carbocycles. The van der Waals surface area contributed by atoms with Gasteiger partial charge in [0.1, 0.15) is 29.1 Å². The predicted octanol–water partition coefficient (Wildman–Crippen LogP) is 3.22. The first-order valence-corrected chi connectivity index (χ1v) is 22.8. The van der Waals surface area contributed by atoms with E-state index in [0.717, 1.165) is 23.4 Å². The van der Waals surface area contributed by atoms with Crippen LogP contribution in [0.4, 0.5) is 28.7 Å². The van der Waals surface area contributed by atoms with E-state index in [9.17, 15) is 38.7 Å². The van der Waals surface area contributed by atoms with Crippen LogP contribution in [0.5, 0.6) is 0 Å². The third-order valence-corrected chi connectivity index (χ3v) is 13.8. The molecule has 6 amide bonds. The summed E-state index contributed by atoms with van der Waals surface area (Å²) in [6.45, 7) is 8.33. The van der Waals surface area contributed by atoms with Crippen molar-refractivity contribution in [1.29, 1.82) is 0 Å². The first-order chi connectivity index (χ1) is 32.6. The van der Waals surface area contributed by atoms with E-state index in [1.165, 1.54) is 21.9 Å². The number of imide groups is 2. The lowest BCUT2D eigenvalue weighted by Crippen LogP contribution is -2.54. The van der Waals surface area contributed by atoms with Crippen LogP contribution < -0.4 is 31.3 Å². The number of benzene rings is 1. The van der Waals surface area contributed by atoms with Gasteiger partial charge in [0.15, 0.2) is 0 Å². The molecule has 1 aliphatic carbocycles. The molecule has 5 aromatic rings. The molecule has 2 fully saturated rings. The minimum absolute atomic E-state index is 0.0113. The number of amides is 6. The third-order valence-electron chi connectivity index (χ3n) is 13.8. The lowest BCUT2D eigenvalue weighted by molar-refractivity contribution is -0.136. The van der Waals surface area contributed by atoms with E-state index in [4.69, 9.17) is 0 Å². The van der Waals surface area contributed by atoms with Crippen molar-refractivity contribution in [2.24, 2.45) is 12.5 Å². The topological polar surface area (TPSA) is 224 Å². The minimum atomic E-state index is -1.10. The molecule has 10 rings (SSSR count). The Hall–Kier alpha value is -7.67. The number of fused-ring (bicyclic) bond motifs is 4. The highest BCUT2D eigenvalue weighted by atomic mass is 16.3. The number of nitrogens with zero attached hydrogens (tertiary/aromatic N) is 8. The molecule has 1 aromatic carbocycles. The summed E-state index contributed by atoms with van der Waals surface area (Å²) in [5.41, 5.74) is 6.27. The lowest BCUT2D eigenvalue weighted by Gasteiger charge is -2.41. The predicted molar refractivity (Wildman–Crippen MR) is 251 cm³/mol. The molecule has 0 bridgehead atoms. The number of anilines is 5. The number of piperazine rings is 1. The summed E-state index contributed by atoms with van der Waals surface area (Å²) in [5, 5.41) is 19.2. The molecule has 4 aromatic heterocycles. The molecule has 5 aliphatic rings. The zero-order valence-corrected chi connectivity index (χ0v) is 38.2. The Bertz CT molecular complexity index is 3030. The number of piperidine rings is 1. The van der Waals surface area contributed by atoms with Crippen molar-refractivity contribution >= 4 is 64.1 Å². The van der Waals surface area contributed by atoms with Crippen LogP contribution in [0.25, 0.3) is 11.1 Å². The van der Waals surface area contributed by atoms with E-state index >= 15 is 0 Å². The normalized spacial score (nSPS) is 19.8. The van der Waals surface area contributed by atoms with Crippen LogP contribution in [-0.4, -0.2) is 114 Å². The second kappa shape index (κ2) is 16.9. The number of hydrogen-bond donors (Lipinski definition) is 4. The molecule has 2 atom stereocenters. The van der Waals surface area contributed by atoms with Crippen LogP contribution in [0.3, 0.4) is 0 Å². The maximum Gasteiger partial charge on any atom is 0.276 e. The van der Waals surface area contributed by atoms with Crippen LogP contribution in [0.2, 0.25) is 0 Å². The summed E-state index contributed by atoms with van der Waals surface area (Å²) in [6.07, 6.45) is 6.91. The Labute approximate surface area is 390 Å². The van der Waals surface area contributed by atoms with E-state index in [1.807, 2.05) is 19.1 Å². The third kappa shape index (κ3) is 7.65. The van der Waals surface area contributed by atoms with Crippen molar-refractivity contribution in [3.05, 3.63) is 111 Å². The van der Waals surface area contributed by atoms with E-state index in [0.29, 0.717) is 72.4 Å². The second-order valence-electron chi connectivity index (χ2n) is 18.9. The monoisotopic (exact) mass is 921 g/mol. The number of hydrogen-bond acceptors (Lipinski definition) is 13. The van der Waals surface area contributed by atoms with E-state index in [1.54, 1.807) is 65.8 Å². The van der Waals surface area contributed by atoms with Gasteiger partial charge in [-0.15, -0.1) is 0 Å². The van der Waals surface area contributed by atoms with Gasteiger partial charge in [-0.25, -0.2) is 9.97 Å². The van der Waals surface area contributed by atoms with Gasteiger partial charge in [0.25, 0.3) is 23.3 Å². The van der Waals surface area contributed by atoms with E-state index < -0.39 is 29.7 Å². The zero-order chi connectivity index (χ0) is 47.8. The smallest absolute Gasteiger partial charge is 0.276 e. The van der Waals surface area contributed by atoms with Crippen molar-refractivity contribution < 1.29 is 33.9 Å². The molecular weight excluding hydrogens is 871 g/mol. The summed E-state index contributed by atoms with van der Waals surface area (Å²) in [7, 11) is 1.65. The molecule has 0 spiro atoms. The van der Waals surface area contributed by atoms with Gasteiger partial charge in [-0.1, -0.05) is 19.9 Å². The fourth-order valence-corrected chi connectivity index (χ4v) is 10.5. The average molecular weight is 922 g/mol. The summed E-state index contributed by atoms with van der Waals surface area (Å²) < 4.78 is 3.59. The highest BCUT2D eigenvalue weighted by Gasteiger charge is 2.46. The molecule has 19 nitrogen and oxygen atoms in total. The van der Waals surface area contributed by atoms with Gasteiger partial charge in [-0.2, -0.15) is 0 Å². The highest BCUT2D eigenvalue weighted by molar-refractivity contribution is 6.25. The molecular formula is C49H51N11O8. The SMILES string of the molecule is C[C@H]1CN(C(=O)CNc2cccc3c2C(=O)N(C2CCC(=O)NC2=O)C3=O)CCN1c1ccc(Nc2cc(-c3ccnc(N4CCn5c(cc6c5CC(C)(C)C6)C4=O)c3CO)cn(C)c2=O)nc1. The number of carbonyl (C=O) groups excluding carboxylic acids is 6. The van der Waals surface area contributed by atoms with Crippen LogP contribution in [0.15, 0.2) is 71.9 Å². The van der Waals surface area contributed by atoms with Crippen LogP contribution in [0, 0.1) is 5.41 Å². The van der Waals surface area contributed by atoms with Gasteiger partial charge >= 0.3 is 0 Å². The number of aryl methyl sites for hydroxylation is 1. The number of pyridine rings is 3. The number of aromatic nitrogens is 4. The molecule has 68 heavy (non-hydrogen) atoms. The molecule has 350 valence electrons. The van der Waals surface area contributed by atoms with Crippen LogP contribution >= 0.6 is 0 Å². The van der Waals surface area contributed by atoms with Crippen LogP contribution in [0.1, 0.15) is 81.6 Å². The Kier molecular flexibility index (Phi) is 11.0. The molecule has 8 heterocycles. The molecule has 0 radical (unpaired) electrons. The largest absolute Gasteiger partial charge is 0.392 e. The van der Waals surface area contributed by atoms with E-state index in [2.05, 4.69) is 49.2 Å². The number of aliphatic hydroxyl groups is 1. The van der Waals surface area contributed by atoms with Crippen molar-refractivity contribution in [1.82, 2.24) is 34.2 Å². The number of nitrogens with one attached hydrogen (secondary N) is 3. The molecule has 4 N–H and O–H groups in total. The summed E-state index contributed by atoms with van der Waals surface area (Å²) in [4.78, 5) is 108. The standard InChI is InChI=1S/C49H51N11O8/c1-27-24-56(41(63)23-51-34-7-5-6-32-42(34)48(68)60(45(32)65)36-9-11-40(62)54-44(36)64)14-15-57(27)30-8-10-39(52-22-30)53-35-18-29(25-55(4)46(35)66)31-12-13-50-43(33(31)26-61)59-17-16-58-37(47(59)67)19-28-20-49(2,3)21-38(28)58/h5-8,10,12-13,18-19,22,25,27,36,51,61H,9,11,14-17,20-21,23-24,26H2,1-4H3,(H,52,53)(H,54,62,64)/t27-,36?/m0/s1. The molecule has 2 saturated heterocycles. The van der Waals surface area contributed by atoms with Gasteiger partial charge in [0.2, 0.25) is 17.7 Å². The summed E-state index contributed by atoms with van der Waals surface area (Å²) >= 11 is 0. The Morgan fingerprint density at radius 1 is 0.912 bits per heavy atom. The van der Waals surface area contributed by atoms with Crippen LogP contribution in [-0.2, 0) is 47.4 Å². The molecule has 1 unspecified atom stereocenters. The second-order valence-corrected chi connectivity index (χ2v) is 18.9. The van der Waals surface area contributed by atoms with Crippen molar-refractivity contribution in [3.63, 3.8) is 0 Å². The van der Waals surface area contributed by atoms with Crippen molar-refractivity contribution in [2.75, 3.05) is 53.2 Å². The van der Waals surface area contributed by atoms with Crippen molar-refractivity contribution in [3.8, 4) is 11.1 Å². The molecule has 19 heteroatoms. The first-order valence-electron chi connectivity index (χ1n) is 22.8. The summed E-state index contributed by atoms with van der Waals surface area (Å²) in [6, 6.07) is 12.7. The maximum atomic E-state index is 14.0. The fourth-order valence-electron chi connectivity index (χ4n) is 10.5. The van der Waals surface area contributed by atoms with Gasteiger partial charge < -0.3 is 34.7 Å². The minimum Gasteiger partial charge on any atom is -0.392 e. The maximum absolute atomic E-state index is 14.0.